The third-order valence-electron chi connectivity index (χ3n) is 3.62. The fraction of sp³-hybridized carbons (Fsp3) is 0.316. The third-order valence-corrected chi connectivity index (χ3v) is 3.92. The van der Waals surface area contributed by atoms with E-state index in [9.17, 15) is 4.79 Å². The van der Waals surface area contributed by atoms with Crippen LogP contribution in [0.1, 0.15) is 12.8 Å². The lowest BCUT2D eigenvalue weighted by Gasteiger charge is -2.13. The minimum absolute atomic E-state index is 0.156. The van der Waals surface area contributed by atoms with E-state index in [1.807, 2.05) is 24.3 Å². The fourth-order valence-electron chi connectivity index (χ4n) is 2.32. The summed E-state index contributed by atoms with van der Waals surface area (Å²) in [6, 6.07) is 10.6. The van der Waals surface area contributed by atoms with E-state index in [1.54, 1.807) is 19.2 Å². The van der Waals surface area contributed by atoms with Crippen molar-refractivity contribution in [3.63, 3.8) is 0 Å². The first kappa shape index (κ1) is 19.7. The molecule has 1 amide bonds. The highest BCUT2D eigenvalue weighted by atomic mass is 35.5. The number of para-hydroxylation sites is 2. The van der Waals surface area contributed by atoms with Crippen LogP contribution in [-0.2, 0) is 4.79 Å². The van der Waals surface area contributed by atoms with Gasteiger partial charge in [0.05, 0.1) is 38.6 Å². The number of carbonyl (C=O) groups excluding carboxylic acids is 1. The van der Waals surface area contributed by atoms with Crippen molar-refractivity contribution in [1.29, 1.82) is 0 Å². The van der Waals surface area contributed by atoms with E-state index in [1.165, 1.54) is 14.2 Å². The minimum Gasteiger partial charge on any atom is -0.495 e. The number of carbonyl (C=O) groups is 1. The van der Waals surface area contributed by atoms with Crippen LogP contribution in [0.25, 0.3) is 0 Å². The molecule has 26 heavy (non-hydrogen) atoms. The van der Waals surface area contributed by atoms with Crippen LogP contribution in [0.3, 0.4) is 0 Å². The molecule has 0 fully saturated rings. The monoisotopic (exact) mass is 379 g/mol. The van der Waals surface area contributed by atoms with E-state index in [0.29, 0.717) is 53.2 Å². The number of rotatable bonds is 9. The van der Waals surface area contributed by atoms with Gasteiger partial charge in [-0.1, -0.05) is 23.7 Å². The lowest BCUT2D eigenvalue weighted by molar-refractivity contribution is -0.116. The van der Waals surface area contributed by atoms with Gasteiger partial charge in [0, 0.05) is 18.6 Å². The highest BCUT2D eigenvalue weighted by Gasteiger charge is 2.12. The first-order valence-electron chi connectivity index (χ1n) is 8.06. The Bertz CT molecular complexity index is 751. The third kappa shape index (κ3) is 5.20. The predicted octanol–water partition coefficient (Wildman–Crippen LogP) is 4.16. The number of benzene rings is 2. The number of ether oxygens (including phenoxy) is 4. The van der Waals surface area contributed by atoms with Crippen molar-refractivity contribution >= 4 is 23.2 Å². The minimum atomic E-state index is -0.156. The highest BCUT2D eigenvalue weighted by Crippen LogP contribution is 2.36. The second kappa shape index (κ2) is 9.77. The predicted molar refractivity (Wildman–Crippen MR) is 101 cm³/mol. The largest absolute Gasteiger partial charge is 0.495 e. The fourth-order valence-corrected chi connectivity index (χ4v) is 2.55. The summed E-state index contributed by atoms with van der Waals surface area (Å²) in [5, 5.41) is 3.21. The first-order chi connectivity index (χ1) is 12.6. The summed E-state index contributed by atoms with van der Waals surface area (Å²) >= 11 is 6.06. The summed E-state index contributed by atoms with van der Waals surface area (Å²) in [7, 11) is 4.60. The Morgan fingerprint density at radius 1 is 0.962 bits per heavy atom. The van der Waals surface area contributed by atoms with Gasteiger partial charge < -0.3 is 24.3 Å². The molecule has 0 unspecified atom stereocenters. The molecule has 0 aliphatic rings. The lowest BCUT2D eigenvalue weighted by atomic mass is 10.2. The van der Waals surface area contributed by atoms with Crippen molar-refractivity contribution in [2.45, 2.75) is 12.8 Å². The molecular formula is C19H22ClNO5. The van der Waals surface area contributed by atoms with Crippen molar-refractivity contribution in [1.82, 2.24) is 0 Å². The van der Waals surface area contributed by atoms with E-state index in [4.69, 9.17) is 30.5 Å². The maximum Gasteiger partial charge on any atom is 0.224 e. The number of amides is 1. The molecule has 0 atom stereocenters. The van der Waals surface area contributed by atoms with Crippen molar-refractivity contribution < 1.29 is 23.7 Å². The molecular weight excluding hydrogens is 358 g/mol. The van der Waals surface area contributed by atoms with E-state index in [2.05, 4.69) is 5.32 Å². The summed E-state index contributed by atoms with van der Waals surface area (Å²) in [6.45, 7) is 0.398. The zero-order chi connectivity index (χ0) is 18.9. The molecule has 6 nitrogen and oxygen atoms in total. The molecule has 2 rings (SSSR count). The van der Waals surface area contributed by atoms with Gasteiger partial charge >= 0.3 is 0 Å². The summed E-state index contributed by atoms with van der Waals surface area (Å²) in [5.41, 5.74) is 0.504. The summed E-state index contributed by atoms with van der Waals surface area (Å²) < 4.78 is 21.3. The van der Waals surface area contributed by atoms with Crippen LogP contribution in [-0.4, -0.2) is 33.8 Å². The van der Waals surface area contributed by atoms with Crippen LogP contribution < -0.4 is 24.3 Å². The average Bonchev–Trinajstić information content (AvgIpc) is 2.66. The number of nitrogens with one attached hydrogen (secondary N) is 1. The molecule has 0 saturated heterocycles. The van der Waals surface area contributed by atoms with Crippen LogP contribution in [0.5, 0.6) is 23.0 Å². The van der Waals surface area contributed by atoms with E-state index in [0.717, 1.165) is 0 Å². The van der Waals surface area contributed by atoms with E-state index in [-0.39, 0.29) is 5.91 Å². The molecule has 0 heterocycles. The van der Waals surface area contributed by atoms with Crippen molar-refractivity contribution in [2.75, 3.05) is 33.3 Å². The lowest BCUT2D eigenvalue weighted by Crippen LogP contribution is -2.13. The summed E-state index contributed by atoms with van der Waals surface area (Å²) in [5.74, 6) is 2.09. The molecule has 2 aromatic carbocycles. The van der Waals surface area contributed by atoms with Gasteiger partial charge in [-0.25, -0.2) is 0 Å². The van der Waals surface area contributed by atoms with Crippen molar-refractivity contribution in [3.8, 4) is 23.0 Å². The average molecular weight is 380 g/mol. The molecule has 1 N–H and O–H groups in total. The normalized spacial score (nSPS) is 10.2. The Morgan fingerprint density at radius 2 is 1.62 bits per heavy atom. The van der Waals surface area contributed by atoms with Gasteiger partial charge in [0.25, 0.3) is 0 Å². The van der Waals surface area contributed by atoms with Gasteiger partial charge in [0.1, 0.15) is 11.5 Å². The summed E-state index contributed by atoms with van der Waals surface area (Å²) in [6.07, 6.45) is 0.847. The second-order valence-electron chi connectivity index (χ2n) is 5.34. The number of methoxy groups -OCH3 is 3. The highest BCUT2D eigenvalue weighted by molar-refractivity contribution is 6.32. The maximum absolute atomic E-state index is 12.2. The molecule has 0 aromatic heterocycles. The molecule has 0 bridgehead atoms. The number of hydrogen-bond donors (Lipinski definition) is 1. The smallest absolute Gasteiger partial charge is 0.224 e. The summed E-state index contributed by atoms with van der Waals surface area (Å²) in [4.78, 5) is 12.2. The quantitative estimate of drug-likeness (QED) is 0.662. The number of hydrogen-bond acceptors (Lipinski definition) is 5. The van der Waals surface area contributed by atoms with Crippen molar-refractivity contribution in [3.05, 3.63) is 41.4 Å². The molecule has 0 aliphatic heterocycles. The number of anilines is 1. The van der Waals surface area contributed by atoms with Gasteiger partial charge in [-0.3, -0.25) is 4.79 Å². The van der Waals surface area contributed by atoms with Gasteiger partial charge in [0.2, 0.25) is 5.91 Å². The van der Waals surface area contributed by atoms with Crippen molar-refractivity contribution in [2.24, 2.45) is 0 Å². The standard InChI is InChI=1S/C19H22ClNO5/c1-23-15-7-4-5-8-16(15)26-10-6-9-19(22)21-14-12-17(24-2)13(20)11-18(14)25-3/h4-5,7-8,11-12H,6,9-10H2,1-3H3,(H,21,22). The Morgan fingerprint density at radius 3 is 2.27 bits per heavy atom. The van der Waals surface area contributed by atoms with Crippen LogP contribution >= 0.6 is 11.6 Å². The van der Waals surface area contributed by atoms with Crippen LogP contribution in [0, 0.1) is 0 Å². The van der Waals surface area contributed by atoms with E-state index >= 15 is 0 Å². The molecule has 7 heteroatoms. The number of halogens is 1. The zero-order valence-corrected chi connectivity index (χ0v) is 15.8. The SMILES string of the molecule is COc1cc(NC(=O)CCCOc2ccccc2OC)c(OC)cc1Cl. The molecule has 0 spiro atoms. The molecule has 0 aliphatic carbocycles. The van der Waals surface area contributed by atoms with E-state index < -0.39 is 0 Å². The zero-order valence-electron chi connectivity index (χ0n) is 15.0. The van der Waals surface area contributed by atoms with Crippen LogP contribution in [0.15, 0.2) is 36.4 Å². The molecule has 140 valence electrons. The maximum atomic E-state index is 12.2. The Balaban J connectivity index is 1.87. The topological polar surface area (TPSA) is 66.0 Å². The Kier molecular flexibility index (Phi) is 7.41. The first-order valence-corrected chi connectivity index (χ1v) is 8.44. The van der Waals surface area contributed by atoms with Crippen LogP contribution in [0.4, 0.5) is 5.69 Å². The Hall–Kier alpha value is -2.60. The van der Waals surface area contributed by atoms with Gasteiger partial charge in [-0.15, -0.1) is 0 Å². The molecule has 2 aromatic rings. The van der Waals surface area contributed by atoms with Gasteiger partial charge in [-0.2, -0.15) is 0 Å². The van der Waals surface area contributed by atoms with Gasteiger partial charge in [-0.05, 0) is 18.6 Å². The molecule has 0 saturated carbocycles. The Labute approximate surface area is 158 Å². The molecule has 0 radical (unpaired) electrons. The van der Waals surface area contributed by atoms with Crippen LogP contribution in [0.2, 0.25) is 5.02 Å². The van der Waals surface area contributed by atoms with Gasteiger partial charge in [0.15, 0.2) is 11.5 Å². The second-order valence-corrected chi connectivity index (χ2v) is 5.75.